The molecule has 0 bridgehead atoms. The summed E-state index contributed by atoms with van der Waals surface area (Å²) in [4.78, 5) is 31.4. The molecule has 0 saturated carbocycles. The number of aliphatic imine (C=N–C) groups is 2. The zero-order valence-corrected chi connectivity index (χ0v) is 27.4. The number of para-hydroxylation sites is 1. The molecule has 50 heavy (non-hydrogen) atoms. The molecule has 0 aliphatic carbocycles. The molecular weight excluding hydrogens is 651 g/mol. The molecule has 15 heteroatoms. The third-order valence-electron chi connectivity index (χ3n) is 9.02. The van der Waals surface area contributed by atoms with Crippen LogP contribution in [0.4, 0.5) is 18.9 Å². The van der Waals surface area contributed by atoms with Crippen LogP contribution in [0.5, 0.6) is 5.75 Å². The number of nitrogens with two attached hydrogens (primary N) is 1. The number of methoxy groups -OCH3 is 1. The number of hydrogen-bond acceptors (Lipinski definition) is 10. The predicted octanol–water partition coefficient (Wildman–Crippen LogP) is 3.37. The highest BCUT2D eigenvalue weighted by Gasteiger charge is 2.42. The number of aromatic nitrogens is 2. The number of likely N-dealkylation sites (tertiary alicyclic amines) is 1. The van der Waals surface area contributed by atoms with Gasteiger partial charge in [0.2, 0.25) is 5.91 Å². The van der Waals surface area contributed by atoms with Crippen molar-refractivity contribution in [1.82, 2.24) is 25.1 Å². The molecule has 260 valence electrons. The fourth-order valence-electron chi connectivity index (χ4n) is 6.42. The molecule has 1 aromatic heterocycles. The first-order valence-electron chi connectivity index (χ1n) is 16.1. The summed E-state index contributed by atoms with van der Waals surface area (Å²) < 4.78 is 47.0. The minimum absolute atomic E-state index is 0.0217. The van der Waals surface area contributed by atoms with Crippen molar-refractivity contribution in [2.45, 2.75) is 31.0 Å². The number of amides is 1. The zero-order chi connectivity index (χ0) is 35.2. The van der Waals surface area contributed by atoms with Gasteiger partial charge in [-0.25, -0.2) is 15.0 Å². The second-order valence-electron chi connectivity index (χ2n) is 12.5. The number of carbonyl (C=O) groups is 1. The maximum Gasteiger partial charge on any atom is 0.401 e. The van der Waals surface area contributed by atoms with Gasteiger partial charge in [0, 0.05) is 50.4 Å². The number of fused-ring (bicyclic) bond motifs is 2. The van der Waals surface area contributed by atoms with Crippen molar-refractivity contribution < 1.29 is 27.8 Å². The molecule has 4 heterocycles. The number of imidazole rings is 1. The van der Waals surface area contributed by atoms with Crippen LogP contribution < -0.4 is 26.0 Å². The summed E-state index contributed by atoms with van der Waals surface area (Å²) in [6.07, 6.45) is -1.72. The summed E-state index contributed by atoms with van der Waals surface area (Å²) in [7, 11) is 3.52. The lowest BCUT2D eigenvalue weighted by Gasteiger charge is -2.37. The van der Waals surface area contributed by atoms with Crippen molar-refractivity contribution in [3.63, 3.8) is 0 Å². The predicted molar refractivity (Wildman–Crippen MR) is 184 cm³/mol. The van der Waals surface area contributed by atoms with Gasteiger partial charge in [-0.05, 0) is 42.3 Å². The fraction of sp³-hybridized carbons (Fsp3) is 0.314. The number of nitrogens with one attached hydrogen (secondary N) is 2. The minimum atomic E-state index is -4.60. The summed E-state index contributed by atoms with van der Waals surface area (Å²) in [6.45, 7) is 0.803. The van der Waals surface area contributed by atoms with Crippen molar-refractivity contribution in [1.29, 1.82) is 0 Å². The zero-order valence-electron chi connectivity index (χ0n) is 27.4. The third kappa shape index (κ3) is 6.72. The number of carbonyl (C=O) groups excluding carboxylic acids is 1. The summed E-state index contributed by atoms with van der Waals surface area (Å²) >= 11 is 0. The highest BCUT2D eigenvalue weighted by atomic mass is 19.4. The molecule has 3 aliphatic heterocycles. The maximum atomic E-state index is 13.6. The van der Waals surface area contributed by atoms with E-state index in [1.807, 2.05) is 78.3 Å². The van der Waals surface area contributed by atoms with Gasteiger partial charge in [0.05, 0.1) is 42.2 Å². The Morgan fingerprint density at radius 1 is 1.12 bits per heavy atom. The molecule has 3 aliphatic rings. The highest BCUT2D eigenvalue weighted by molar-refractivity contribution is 6.70. The third-order valence-corrected chi connectivity index (χ3v) is 9.02. The monoisotopic (exact) mass is 687 g/mol. The van der Waals surface area contributed by atoms with Crippen LogP contribution in [0, 0.1) is 0 Å². The van der Waals surface area contributed by atoms with E-state index in [4.69, 9.17) is 15.5 Å². The van der Waals surface area contributed by atoms with E-state index in [0.29, 0.717) is 35.7 Å². The SMILES string of the molecule is COc1ccc(-c2ccccc2N2C=C(c3ccc4nc(CCN5CCC(O)C5)n(C)c4c3)N=C3C(=O)NC(N)(NCC(F)(F)F)N=C32)cc1. The highest BCUT2D eigenvalue weighted by Crippen LogP contribution is 2.36. The largest absolute Gasteiger partial charge is 0.497 e. The quantitative estimate of drug-likeness (QED) is 0.196. The number of nitrogens with zero attached hydrogens (tertiary/aromatic N) is 6. The molecule has 4 aromatic rings. The Bertz CT molecular complexity index is 2040. The first-order valence-corrected chi connectivity index (χ1v) is 16.1. The van der Waals surface area contributed by atoms with Gasteiger partial charge in [0.25, 0.3) is 5.91 Å². The number of hydrogen-bond donors (Lipinski definition) is 4. The van der Waals surface area contributed by atoms with Crippen molar-refractivity contribution in [3.8, 4) is 16.9 Å². The van der Waals surface area contributed by atoms with E-state index in [1.165, 1.54) is 0 Å². The van der Waals surface area contributed by atoms with Crippen LogP contribution in [0.25, 0.3) is 27.9 Å². The standard InChI is InChI=1S/C35H36F3N9O3/c1-45-29-17-22(9-12-26(29)41-30(45)14-16-46-15-13-23(48)18-46)27-19-47(28-6-4-3-5-25(28)21-7-10-24(50-2)11-8-21)32-31(42-27)33(49)44-35(39,43-32)40-20-34(36,37)38/h3-12,17,19,23,40,48H,13-16,18,20,39H2,1-2H3,(H,44,49). The van der Waals surface area contributed by atoms with E-state index in [-0.39, 0.29) is 17.7 Å². The maximum absolute atomic E-state index is 13.6. The summed E-state index contributed by atoms with van der Waals surface area (Å²) in [5.41, 5.74) is 11.0. The van der Waals surface area contributed by atoms with Gasteiger partial charge in [-0.1, -0.05) is 36.4 Å². The van der Waals surface area contributed by atoms with Crippen molar-refractivity contribution in [2.75, 3.05) is 38.2 Å². The molecule has 7 rings (SSSR count). The van der Waals surface area contributed by atoms with Crippen molar-refractivity contribution in [3.05, 3.63) is 84.3 Å². The van der Waals surface area contributed by atoms with Gasteiger partial charge in [-0.15, -0.1) is 0 Å². The van der Waals surface area contributed by atoms with Gasteiger partial charge < -0.3 is 24.6 Å². The summed E-state index contributed by atoms with van der Waals surface area (Å²) in [5, 5.41) is 14.4. The fourth-order valence-corrected chi connectivity index (χ4v) is 6.42. The van der Waals surface area contributed by atoms with Gasteiger partial charge >= 0.3 is 6.18 Å². The normalized spacial score (nSPS) is 21.1. The molecule has 1 fully saturated rings. The first-order chi connectivity index (χ1) is 23.9. The lowest BCUT2D eigenvalue weighted by Crippen LogP contribution is -2.71. The molecule has 2 atom stereocenters. The van der Waals surface area contributed by atoms with E-state index >= 15 is 0 Å². The average Bonchev–Trinajstić information content (AvgIpc) is 3.67. The van der Waals surface area contributed by atoms with Gasteiger partial charge in [-0.3, -0.25) is 20.7 Å². The van der Waals surface area contributed by atoms with E-state index in [9.17, 15) is 23.1 Å². The Kier molecular flexibility index (Phi) is 8.68. The van der Waals surface area contributed by atoms with E-state index in [0.717, 1.165) is 47.5 Å². The minimum Gasteiger partial charge on any atom is -0.497 e. The number of halogens is 3. The van der Waals surface area contributed by atoms with Crippen LogP contribution in [0.1, 0.15) is 17.8 Å². The molecular formula is C35H36F3N9O3. The Morgan fingerprint density at radius 2 is 1.88 bits per heavy atom. The summed E-state index contributed by atoms with van der Waals surface area (Å²) in [6, 6.07) is 20.5. The van der Waals surface area contributed by atoms with Crippen LogP contribution in [-0.4, -0.2) is 88.5 Å². The molecule has 5 N–H and O–H groups in total. The lowest BCUT2D eigenvalue weighted by atomic mass is 10.0. The second-order valence-corrected chi connectivity index (χ2v) is 12.5. The molecule has 12 nitrogen and oxygen atoms in total. The van der Waals surface area contributed by atoms with E-state index < -0.39 is 24.5 Å². The van der Waals surface area contributed by atoms with Crippen LogP contribution in [0.3, 0.4) is 0 Å². The van der Waals surface area contributed by atoms with Gasteiger partial charge in [0.1, 0.15) is 11.6 Å². The van der Waals surface area contributed by atoms with Gasteiger partial charge in [-0.2, -0.15) is 13.2 Å². The van der Waals surface area contributed by atoms with Crippen LogP contribution in [0.15, 0.2) is 82.9 Å². The van der Waals surface area contributed by atoms with Crippen LogP contribution in [0.2, 0.25) is 0 Å². The lowest BCUT2D eigenvalue weighted by molar-refractivity contribution is -0.132. The average molecular weight is 688 g/mol. The number of ether oxygens (including phenoxy) is 1. The number of β-amino-alcohol motifs (C(OH)–C–C–N with tert-alkyl or cyclic N) is 1. The molecule has 1 amide bonds. The Balaban J connectivity index is 1.30. The number of aliphatic hydroxyl groups is 1. The Hall–Kier alpha value is -5.09. The number of amidine groups is 1. The molecule has 1 saturated heterocycles. The van der Waals surface area contributed by atoms with E-state index in [1.54, 1.807) is 18.2 Å². The topological polar surface area (TPSA) is 146 Å². The molecule has 0 radical (unpaired) electrons. The number of aryl methyl sites for hydroxylation is 1. The van der Waals surface area contributed by atoms with Gasteiger partial charge in [0.15, 0.2) is 11.5 Å². The van der Waals surface area contributed by atoms with Crippen LogP contribution in [-0.2, 0) is 18.3 Å². The number of rotatable bonds is 9. The Morgan fingerprint density at radius 3 is 2.60 bits per heavy atom. The number of anilines is 1. The molecule has 3 aromatic carbocycles. The van der Waals surface area contributed by atoms with Crippen LogP contribution >= 0.6 is 0 Å². The molecule has 2 unspecified atom stereocenters. The number of aliphatic hydroxyl groups excluding tert-OH is 1. The van der Waals surface area contributed by atoms with E-state index in [2.05, 4.69) is 25.5 Å². The van der Waals surface area contributed by atoms with Crippen molar-refractivity contribution in [2.24, 2.45) is 22.8 Å². The molecule has 0 spiro atoms. The smallest absolute Gasteiger partial charge is 0.401 e. The number of benzene rings is 3. The Labute approximate surface area is 285 Å². The van der Waals surface area contributed by atoms with Crippen molar-refractivity contribution >= 4 is 39.9 Å². The second kappa shape index (κ2) is 13.0. The number of alkyl halides is 3. The summed E-state index contributed by atoms with van der Waals surface area (Å²) in [5.74, 6) is -1.51. The first kappa shape index (κ1) is 33.4.